The minimum atomic E-state index is -1.52. The van der Waals surface area contributed by atoms with Crippen molar-refractivity contribution < 1.29 is 38.6 Å². The molecule has 294 valence electrons. The number of carboxylic acid groups (broad SMARTS) is 1. The first kappa shape index (κ1) is 39.4. The third-order valence-electron chi connectivity index (χ3n) is 10.6. The van der Waals surface area contributed by atoms with E-state index in [1.165, 1.54) is 29.2 Å². The summed E-state index contributed by atoms with van der Waals surface area (Å²) in [6, 6.07) is 2.82. The van der Waals surface area contributed by atoms with Crippen molar-refractivity contribution in [2.24, 2.45) is 11.3 Å². The first-order chi connectivity index (χ1) is 26.0. The maximum Gasteiger partial charge on any atom is 0.330 e. The number of nitrogens with one attached hydrogen (secondary N) is 4. The van der Waals surface area contributed by atoms with E-state index in [0.717, 1.165) is 31.2 Å². The number of methoxy groups -OCH3 is 1. The van der Waals surface area contributed by atoms with Gasteiger partial charge in [-0.15, -0.1) is 17.9 Å². The van der Waals surface area contributed by atoms with Gasteiger partial charge in [-0.2, -0.15) is 0 Å². The lowest BCUT2D eigenvalue weighted by Crippen LogP contribution is -2.60. The highest BCUT2D eigenvalue weighted by molar-refractivity contribution is 7.14. The van der Waals surface area contributed by atoms with E-state index < -0.39 is 58.9 Å². The maximum absolute atomic E-state index is 14.6. The second-order valence-electron chi connectivity index (χ2n) is 15.8. The van der Waals surface area contributed by atoms with Crippen molar-refractivity contribution in [3.63, 3.8) is 0 Å². The summed E-state index contributed by atoms with van der Waals surface area (Å²) in [6.45, 7) is 12.5. The summed E-state index contributed by atoms with van der Waals surface area (Å²) in [6.07, 6.45) is 4.76. The van der Waals surface area contributed by atoms with Crippen LogP contribution in [0.1, 0.15) is 71.8 Å². The molecule has 6 rings (SSSR count). The van der Waals surface area contributed by atoms with E-state index in [2.05, 4.69) is 32.8 Å². The lowest BCUT2D eigenvalue weighted by molar-refractivity contribution is -0.146. The Morgan fingerprint density at radius 3 is 2.44 bits per heavy atom. The number of carbonyl (C=O) groups excluding carboxylic acids is 4. The van der Waals surface area contributed by atoms with E-state index in [1.54, 1.807) is 24.6 Å². The summed E-state index contributed by atoms with van der Waals surface area (Å²) >= 11 is 1.24. The molecule has 1 aromatic carbocycles. The number of carboxylic acids is 1. The van der Waals surface area contributed by atoms with Gasteiger partial charge in [0.2, 0.25) is 17.7 Å². The molecule has 5 N–H and O–H groups in total. The number of aromatic nitrogens is 2. The number of hydrogen-bond acceptors (Lipinski definition) is 10. The van der Waals surface area contributed by atoms with Gasteiger partial charge in [-0.1, -0.05) is 39.7 Å². The normalized spacial score (nSPS) is 22.8. The van der Waals surface area contributed by atoms with E-state index in [1.807, 2.05) is 33.8 Å². The molecule has 2 unspecified atom stereocenters. The number of likely N-dealkylation sites (tertiary alicyclic amines) is 1. The molecule has 1 aliphatic heterocycles. The lowest BCUT2D eigenvalue weighted by atomic mass is 9.85. The quantitative estimate of drug-likeness (QED) is 0.160. The molecule has 3 aliphatic rings. The standard InChI is InChI=1S/C39H49N7O8S/c1-8-22-17-39(22,35(50)51)45-33(48)29-14-24(18-46(29)34(49)32(38(4,5)6)44-36(52)41-23-11-9-10-12-23)54-31-16-27(28-19-55-37(43-28)40-21(3)47)42-26-15-30(53-7)20(2)13-25(26)31/h8,13,15-16,19,22-24,29,32H,1,9-12,14,17-18H2,2-7H3,(H,45,48)(H,50,51)(H,40,43,47)(H2,41,44,52)/t22?,24?,29-,32+,39+/m0/s1. The van der Waals surface area contributed by atoms with E-state index in [9.17, 15) is 29.1 Å². The summed E-state index contributed by atoms with van der Waals surface area (Å²) in [5, 5.41) is 24.2. The second-order valence-corrected chi connectivity index (χ2v) is 16.6. The Hall–Kier alpha value is -5.25. The van der Waals surface area contributed by atoms with Gasteiger partial charge in [0.1, 0.15) is 40.9 Å². The number of amides is 5. The van der Waals surface area contributed by atoms with Crippen molar-refractivity contribution in [3.05, 3.63) is 41.8 Å². The summed E-state index contributed by atoms with van der Waals surface area (Å²) in [7, 11) is 1.57. The van der Waals surface area contributed by atoms with Gasteiger partial charge in [-0.05, 0) is 43.2 Å². The van der Waals surface area contributed by atoms with Crippen molar-refractivity contribution in [1.29, 1.82) is 0 Å². The van der Waals surface area contributed by atoms with Crippen LogP contribution in [0.5, 0.6) is 11.5 Å². The molecule has 16 heteroatoms. The molecule has 3 aromatic rings. The van der Waals surface area contributed by atoms with Crippen molar-refractivity contribution in [1.82, 2.24) is 30.8 Å². The van der Waals surface area contributed by atoms with Crippen LogP contribution in [0.25, 0.3) is 22.3 Å². The second kappa shape index (κ2) is 15.5. The highest BCUT2D eigenvalue weighted by Gasteiger charge is 2.61. The van der Waals surface area contributed by atoms with E-state index in [0.29, 0.717) is 38.9 Å². The Bertz CT molecular complexity index is 2020. The van der Waals surface area contributed by atoms with E-state index >= 15 is 0 Å². The molecule has 3 heterocycles. The number of benzene rings is 1. The minimum Gasteiger partial charge on any atom is -0.496 e. The van der Waals surface area contributed by atoms with E-state index in [-0.39, 0.29) is 31.3 Å². The first-order valence-electron chi connectivity index (χ1n) is 18.5. The maximum atomic E-state index is 14.6. The Kier molecular flexibility index (Phi) is 11.1. The number of nitrogens with zero attached hydrogens (tertiary/aromatic N) is 3. The van der Waals surface area contributed by atoms with Gasteiger partial charge in [0, 0.05) is 48.2 Å². The molecular weight excluding hydrogens is 727 g/mol. The van der Waals surface area contributed by atoms with Crippen LogP contribution >= 0.6 is 11.3 Å². The number of carbonyl (C=O) groups is 5. The van der Waals surface area contributed by atoms with Crippen LogP contribution in [-0.4, -0.2) is 93.1 Å². The fourth-order valence-electron chi connectivity index (χ4n) is 7.50. The zero-order valence-corrected chi connectivity index (χ0v) is 32.8. The van der Waals surface area contributed by atoms with Crippen LogP contribution in [-0.2, 0) is 19.2 Å². The van der Waals surface area contributed by atoms with Crippen LogP contribution < -0.4 is 30.7 Å². The van der Waals surface area contributed by atoms with Crippen molar-refractivity contribution in [2.45, 2.75) is 103 Å². The van der Waals surface area contributed by atoms with Gasteiger partial charge in [-0.25, -0.2) is 19.6 Å². The zero-order valence-electron chi connectivity index (χ0n) is 32.0. The molecule has 2 saturated carbocycles. The minimum absolute atomic E-state index is 0.0207. The van der Waals surface area contributed by atoms with Gasteiger partial charge in [0.25, 0.3) is 0 Å². The highest BCUT2D eigenvalue weighted by atomic mass is 32.1. The number of rotatable bonds is 12. The van der Waals surface area contributed by atoms with Crippen molar-refractivity contribution in [3.8, 4) is 22.9 Å². The van der Waals surface area contributed by atoms with Gasteiger partial charge >= 0.3 is 12.0 Å². The Morgan fingerprint density at radius 2 is 1.82 bits per heavy atom. The number of pyridine rings is 1. The van der Waals surface area contributed by atoms with Crippen LogP contribution in [0.3, 0.4) is 0 Å². The molecule has 0 radical (unpaired) electrons. The molecule has 3 fully saturated rings. The predicted octanol–water partition coefficient (Wildman–Crippen LogP) is 4.78. The van der Waals surface area contributed by atoms with Gasteiger partial charge in [0.05, 0.1) is 24.9 Å². The summed E-state index contributed by atoms with van der Waals surface area (Å²) < 4.78 is 12.3. The van der Waals surface area contributed by atoms with Crippen molar-refractivity contribution >= 4 is 57.1 Å². The molecule has 1 saturated heterocycles. The smallest absolute Gasteiger partial charge is 0.330 e. The molecule has 2 aliphatic carbocycles. The highest BCUT2D eigenvalue weighted by Crippen LogP contribution is 2.45. The Labute approximate surface area is 323 Å². The Morgan fingerprint density at radius 1 is 1.09 bits per heavy atom. The average molecular weight is 776 g/mol. The van der Waals surface area contributed by atoms with Gasteiger partial charge in [-0.3, -0.25) is 14.4 Å². The Balaban J connectivity index is 1.34. The third-order valence-corrected chi connectivity index (χ3v) is 11.3. The zero-order chi connectivity index (χ0) is 39.8. The third kappa shape index (κ3) is 8.38. The summed E-state index contributed by atoms with van der Waals surface area (Å²) in [4.78, 5) is 76.8. The van der Waals surface area contributed by atoms with Crippen LogP contribution in [0.2, 0.25) is 0 Å². The SMILES string of the molecule is C=CC1C[C@]1(NC(=O)[C@@H]1CC(Oc2cc(-c3csc(NC(C)=O)n3)nc3cc(OC)c(C)cc23)CN1C(=O)[C@@H](NC(=O)NC1CCCC1)C(C)(C)C)C(=O)O. The number of thiazole rings is 1. The molecule has 0 spiro atoms. The van der Waals surface area contributed by atoms with Gasteiger partial charge < -0.3 is 40.7 Å². The van der Waals surface area contributed by atoms with Crippen molar-refractivity contribution in [2.75, 3.05) is 19.0 Å². The molecule has 5 amide bonds. The predicted molar refractivity (Wildman–Crippen MR) is 207 cm³/mol. The summed E-state index contributed by atoms with van der Waals surface area (Å²) in [5.41, 5.74) is 0.0441. The summed E-state index contributed by atoms with van der Waals surface area (Å²) in [5.74, 6) is -2.01. The fourth-order valence-corrected chi connectivity index (χ4v) is 8.25. The molecule has 0 bridgehead atoms. The van der Waals surface area contributed by atoms with Crippen LogP contribution in [0.4, 0.5) is 9.93 Å². The lowest BCUT2D eigenvalue weighted by Gasteiger charge is -2.35. The number of fused-ring (bicyclic) bond motifs is 1. The molecule has 2 aromatic heterocycles. The first-order valence-corrected chi connectivity index (χ1v) is 19.4. The molecular formula is C39H49N7O8S. The van der Waals surface area contributed by atoms with E-state index in [4.69, 9.17) is 14.5 Å². The largest absolute Gasteiger partial charge is 0.496 e. The topological polar surface area (TPSA) is 201 Å². The molecule has 55 heavy (non-hydrogen) atoms. The number of urea groups is 1. The number of ether oxygens (including phenoxy) is 2. The fraction of sp³-hybridized carbons (Fsp3) is 0.513. The number of aliphatic carboxylic acids is 1. The van der Waals surface area contributed by atoms with Crippen LogP contribution in [0.15, 0.2) is 36.2 Å². The average Bonchev–Trinajstić information content (AvgIpc) is 3.53. The number of aryl methyl sites for hydroxylation is 1. The number of hydrogen-bond donors (Lipinski definition) is 5. The number of anilines is 1. The molecule has 15 nitrogen and oxygen atoms in total. The van der Waals surface area contributed by atoms with Crippen LogP contribution in [0, 0.1) is 18.3 Å². The molecule has 5 atom stereocenters. The monoisotopic (exact) mass is 775 g/mol. The van der Waals surface area contributed by atoms with Gasteiger partial charge in [0.15, 0.2) is 5.13 Å².